The van der Waals surface area contributed by atoms with Gasteiger partial charge < -0.3 is 47.5 Å². The van der Waals surface area contributed by atoms with Gasteiger partial charge in [-0.15, -0.1) is 0 Å². The Bertz CT molecular complexity index is 1370. The molecule has 272 valence electrons. The zero-order valence-corrected chi connectivity index (χ0v) is 29.0. The van der Waals surface area contributed by atoms with Gasteiger partial charge in [-0.1, -0.05) is 27.7 Å². The summed E-state index contributed by atoms with van der Waals surface area (Å²) in [6.07, 6.45) is 3.76. The first kappa shape index (κ1) is 40.1. The smallest absolute Gasteiger partial charge is 0.243 e. The number of carbonyl (C=O) groups is 8. The quantitative estimate of drug-likeness (QED) is 0.0847. The number of likely N-dealkylation sites (tertiary alicyclic amines) is 1. The Hall–Kier alpha value is -5.03. The summed E-state index contributed by atoms with van der Waals surface area (Å²) in [7, 11) is 0. The van der Waals surface area contributed by atoms with Crippen LogP contribution in [0.15, 0.2) is 12.5 Å². The fourth-order valence-electron chi connectivity index (χ4n) is 5.13. The summed E-state index contributed by atoms with van der Waals surface area (Å²) < 4.78 is 0. The summed E-state index contributed by atoms with van der Waals surface area (Å²) in [4.78, 5) is 109. The zero-order valence-electron chi connectivity index (χ0n) is 29.0. The van der Waals surface area contributed by atoms with Crippen LogP contribution >= 0.6 is 0 Å². The van der Waals surface area contributed by atoms with E-state index in [4.69, 9.17) is 5.73 Å². The number of hydrogen-bond acceptors (Lipinski definition) is 9. The molecular weight excluding hydrogens is 640 g/mol. The second-order valence-electron chi connectivity index (χ2n) is 12.8. The van der Waals surface area contributed by atoms with Gasteiger partial charge in [0.05, 0.1) is 12.9 Å². The van der Waals surface area contributed by atoms with Crippen LogP contribution in [0.2, 0.25) is 0 Å². The van der Waals surface area contributed by atoms with Crippen molar-refractivity contribution in [2.45, 2.75) is 104 Å². The number of nitrogens with zero attached hydrogens (tertiary/aromatic N) is 2. The number of nitrogens with two attached hydrogens (primary N) is 1. The first-order valence-corrected chi connectivity index (χ1v) is 16.2. The molecule has 0 aromatic carbocycles. The summed E-state index contributed by atoms with van der Waals surface area (Å²) in [6, 6.07) is -5.98. The van der Waals surface area contributed by atoms with Crippen molar-refractivity contribution in [1.82, 2.24) is 46.8 Å². The third-order valence-electron chi connectivity index (χ3n) is 7.99. The lowest BCUT2D eigenvalue weighted by Crippen LogP contribution is -2.58. The van der Waals surface area contributed by atoms with Gasteiger partial charge in [-0.3, -0.25) is 38.4 Å². The molecule has 1 aliphatic heterocycles. The van der Waals surface area contributed by atoms with E-state index in [0.717, 1.165) is 0 Å². The highest BCUT2D eigenvalue weighted by atomic mass is 16.2. The maximum absolute atomic E-state index is 13.3. The van der Waals surface area contributed by atoms with Crippen molar-refractivity contribution in [3.05, 3.63) is 18.2 Å². The Kier molecular flexibility index (Phi) is 15.2. The lowest BCUT2D eigenvalue weighted by molar-refractivity contribution is -0.140. The predicted octanol–water partition coefficient (Wildman–Crippen LogP) is -2.66. The van der Waals surface area contributed by atoms with Crippen LogP contribution < -0.4 is 37.6 Å². The van der Waals surface area contributed by atoms with Gasteiger partial charge in [0, 0.05) is 31.8 Å². The fourth-order valence-corrected chi connectivity index (χ4v) is 5.13. The van der Waals surface area contributed by atoms with E-state index in [2.05, 4.69) is 41.9 Å². The van der Waals surface area contributed by atoms with E-state index in [1.807, 2.05) is 0 Å². The zero-order chi connectivity index (χ0) is 37.0. The molecule has 18 heteroatoms. The minimum absolute atomic E-state index is 0.0111. The van der Waals surface area contributed by atoms with Gasteiger partial charge in [-0.2, -0.15) is 0 Å². The van der Waals surface area contributed by atoms with E-state index >= 15 is 0 Å². The van der Waals surface area contributed by atoms with Crippen LogP contribution in [-0.2, 0) is 44.8 Å². The topological polar surface area (TPSA) is 267 Å². The highest BCUT2D eigenvalue weighted by Crippen LogP contribution is 2.18. The third kappa shape index (κ3) is 12.2. The van der Waals surface area contributed by atoms with Crippen molar-refractivity contribution in [2.24, 2.45) is 17.6 Å². The first-order chi connectivity index (χ1) is 22.9. The van der Waals surface area contributed by atoms with Gasteiger partial charge in [-0.25, -0.2) is 4.98 Å². The van der Waals surface area contributed by atoms with Gasteiger partial charge >= 0.3 is 0 Å². The lowest BCUT2D eigenvalue weighted by Gasteiger charge is -2.28. The summed E-state index contributed by atoms with van der Waals surface area (Å²) >= 11 is 0. The molecule has 0 aliphatic carbocycles. The molecule has 0 unspecified atom stereocenters. The van der Waals surface area contributed by atoms with Crippen molar-refractivity contribution in [2.75, 3.05) is 13.1 Å². The number of hydrogen-bond donors (Lipinski definition) is 8. The Morgan fingerprint density at radius 2 is 1.43 bits per heavy atom. The fraction of sp³-hybridized carbons (Fsp3) is 0.645. The van der Waals surface area contributed by atoms with Crippen molar-refractivity contribution in [3.63, 3.8) is 0 Å². The Morgan fingerprint density at radius 3 is 1.98 bits per heavy atom. The number of carbonyl (C=O) groups excluding carboxylic acids is 8. The molecule has 2 rings (SSSR count). The molecule has 0 saturated carbocycles. The molecule has 6 atom stereocenters. The van der Waals surface area contributed by atoms with Crippen LogP contribution in [0, 0.1) is 11.8 Å². The number of rotatable bonds is 17. The van der Waals surface area contributed by atoms with E-state index < -0.39 is 90.1 Å². The normalized spacial score (nSPS) is 17.2. The lowest BCUT2D eigenvalue weighted by atomic mass is 10.0. The van der Waals surface area contributed by atoms with E-state index in [-0.39, 0.29) is 24.8 Å². The molecule has 1 aromatic heterocycles. The van der Waals surface area contributed by atoms with Crippen LogP contribution in [0.5, 0.6) is 0 Å². The molecular formula is C31H50N10O8. The Morgan fingerprint density at radius 1 is 0.837 bits per heavy atom. The Balaban J connectivity index is 2.01. The van der Waals surface area contributed by atoms with Crippen LogP contribution in [0.1, 0.15) is 67.0 Å². The Labute approximate surface area is 285 Å². The standard InChI is InChI=1S/C31H50N10O8/c1-15(2)24(38-19(7)42)31(49)39-21(11-20-12-33-14-35-20)28(46)37-18(6)27(45)34-13-23(43)41-10-8-9-22(41)29(47)40-25(16(3)4)30(48)36-17(5)26(32)44/h12,14-18,21-22,24-25H,8-11,13H2,1-7H3,(H2,32,44)(H,33,35)(H,34,45)(H,36,48)(H,37,46)(H,38,42)(H,39,49)(H,40,47)/t17-,18-,21-,22+,24-,25-/m0/s1. The number of amides is 8. The second kappa shape index (κ2) is 18.5. The molecule has 1 aliphatic rings. The van der Waals surface area contributed by atoms with Crippen molar-refractivity contribution >= 4 is 47.3 Å². The molecule has 0 spiro atoms. The molecule has 49 heavy (non-hydrogen) atoms. The molecule has 9 N–H and O–H groups in total. The average Bonchev–Trinajstić information content (AvgIpc) is 3.72. The van der Waals surface area contributed by atoms with Crippen molar-refractivity contribution < 1.29 is 38.4 Å². The number of imidazole rings is 1. The average molecular weight is 691 g/mol. The van der Waals surface area contributed by atoms with Gasteiger partial charge in [0.15, 0.2) is 0 Å². The molecule has 0 radical (unpaired) electrons. The number of H-pyrrole nitrogens is 1. The van der Waals surface area contributed by atoms with E-state index in [1.165, 1.54) is 38.2 Å². The van der Waals surface area contributed by atoms with Gasteiger partial charge in [-0.05, 0) is 38.5 Å². The second-order valence-corrected chi connectivity index (χ2v) is 12.8. The molecule has 2 heterocycles. The van der Waals surface area contributed by atoms with Crippen LogP contribution in [0.4, 0.5) is 0 Å². The summed E-state index contributed by atoms with van der Waals surface area (Å²) in [5.41, 5.74) is 5.76. The summed E-state index contributed by atoms with van der Waals surface area (Å²) in [6.45, 7) is 10.8. The molecule has 1 fully saturated rings. The van der Waals surface area contributed by atoms with Crippen molar-refractivity contribution in [1.29, 1.82) is 0 Å². The van der Waals surface area contributed by atoms with Gasteiger partial charge in [0.2, 0.25) is 47.3 Å². The number of primary amides is 1. The molecule has 18 nitrogen and oxygen atoms in total. The largest absolute Gasteiger partial charge is 0.368 e. The SMILES string of the molecule is CC(=O)N[C@H](C(=O)N[C@@H](Cc1cnc[nH]1)C(=O)N[C@@H](C)C(=O)NCC(=O)N1CCC[C@@H]1C(=O)N[C@H](C(=O)N[C@@H](C)C(N)=O)C(C)C)C(C)C. The van der Waals surface area contributed by atoms with Gasteiger partial charge in [0.25, 0.3) is 0 Å². The van der Waals surface area contributed by atoms with Crippen LogP contribution in [-0.4, -0.2) is 111 Å². The maximum Gasteiger partial charge on any atom is 0.243 e. The highest BCUT2D eigenvalue weighted by Gasteiger charge is 2.37. The van der Waals surface area contributed by atoms with Crippen LogP contribution in [0.3, 0.4) is 0 Å². The molecule has 1 aromatic rings. The van der Waals surface area contributed by atoms with Gasteiger partial charge in [0.1, 0.15) is 36.3 Å². The summed E-state index contributed by atoms with van der Waals surface area (Å²) in [5, 5.41) is 15.4. The van der Waals surface area contributed by atoms with E-state index in [9.17, 15) is 38.4 Å². The first-order valence-electron chi connectivity index (χ1n) is 16.2. The van der Waals surface area contributed by atoms with E-state index in [1.54, 1.807) is 27.7 Å². The number of aromatic nitrogens is 2. The van der Waals surface area contributed by atoms with Crippen LogP contribution in [0.25, 0.3) is 0 Å². The van der Waals surface area contributed by atoms with E-state index in [0.29, 0.717) is 18.5 Å². The number of aromatic amines is 1. The van der Waals surface area contributed by atoms with Crippen molar-refractivity contribution in [3.8, 4) is 0 Å². The highest BCUT2D eigenvalue weighted by molar-refractivity contribution is 5.96. The number of nitrogens with one attached hydrogen (secondary N) is 7. The molecule has 0 bridgehead atoms. The third-order valence-corrected chi connectivity index (χ3v) is 7.99. The minimum Gasteiger partial charge on any atom is -0.368 e. The maximum atomic E-state index is 13.3. The predicted molar refractivity (Wildman–Crippen MR) is 176 cm³/mol. The summed E-state index contributed by atoms with van der Waals surface area (Å²) in [5.74, 6) is -5.41. The molecule has 8 amide bonds. The monoisotopic (exact) mass is 690 g/mol. The minimum atomic E-state index is -1.14. The molecule has 1 saturated heterocycles.